The van der Waals surface area contributed by atoms with Crippen molar-refractivity contribution in [3.05, 3.63) is 62.9 Å². The standard InChI is InChI=1S/C24H25N3O4S/c1-4-5-6-14-31-18-12-10-16(11-13-18)22-25-24-27(26-22)23(28)20(32-24)15-17-8-7-9-19(29-2)21(17)30-3/h7-13,15H,4-6,14H2,1-3H3. The van der Waals surface area contributed by atoms with Gasteiger partial charge in [-0.3, -0.25) is 4.79 Å². The van der Waals surface area contributed by atoms with Crippen molar-refractivity contribution < 1.29 is 14.2 Å². The van der Waals surface area contributed by atoms with Gasteiger partial charge in [-0.05, 0) is 42.8 Å². The molecule has 0 amide bonds. The second-order valence-corrected chi connectivity index (χ2v) is 8.22. The maximum atomic E-state index is 12.9. The highest BCUT2D eigenvalue weighted by Gasteiger charge is 2.13. The maximum Gasteiger partial charge on any atom is 0.291 e. The van der Waals surface area contributed by atoms with E-state index in [1.807, 2.05) is 42.5 Å². The average Bonchev–Trinajstić information content (AvgIpc) is 3.36. The van der Waals surface area contributed by atoms with Gasteiger partial charge in [-0.15, -0.1) is 5.10 Å². The number of hydrogen-bond donors (Lipinski definition) is 0. The summed E-state index contributed by atoms with van der Waals surface area (Å²) in [5, 5.41) is 4.42. The van der Waals surface area contributed by atoms with Crippen LogP contribution in [-0.4, -0.2) is 35.4 Å². The second kappa shape index (κ2) is 9.82. The molecule has 0 spiro atoms. The number of unbranched alkanes of at least 4 members (excludes halogenated alkanes) is 2. The number of fused-ring (bicyclic) bond motifs is 1. The van der Waals surface area contributed by atoms with Gasteiger partial charge in [0.05, 0.1) is 25.4 Å². The molecular weight excluding hydrogens is 426 g/mol. The Labute approximate surface area is 189 Å². The van der Waals surface area contributed by atoms with Gasteiger partial charge in [-0.25, -0.2) is 0 Å². The zero-order valence-corrected chi connectivity index (χ0v) is 19.1. The Morgan fingerprint density at radius 3 is 2.56 bits per heavy atom. The normalized spacial score (nSPS) is 11.8. The molecule has 0 aliphatic heterocycles. The fourth-order valence-electron chi connectivity index (χ4n) is 3.37. The number of ether oxygens (including phenoxy) is 3. The predicted octanol–water partition coefficient (Wildman–Crippen LogP) is 3.95. The van der Waals surface area contributed by atoms with E-state index in [0.29, 0.717) is 33.4 Å². The van der Waals surface area contributed by atoms with Crippen LogP contribution >= 0.6 is 11.3 Å². The molecule has 0 radical (unpaired) electrons. The van der Waals surface area contributed by atoms with E-state index in [9.17, 15) is 4.79 Å². The zero-order chi connectivity index (χ0) is 22.5. The molecule has 2 aromatic heterocycles. The van der Waals surface area contributed by atoms with Crippen LogP contribution in [0.15, 0.2) is 47.3 Å². The van der Waals surface area contributed by atoms with E-state index in [-0.39, 0.29) is 5.56 Å². The van der Waals surface area contributed by atoms with E-state index in [4.69, 9.17) is 14.2 Å². The minimum Gasteiger partial charge on any atom is -0.494 e. The third-order valence-electron chi connectivity index (χ3n) is 5.03. The number of benzene rings is 2. The van der Waals surface area contributed by atoms with Gasteiger partial charge in [0, 0.05) is 11.1 Å². The highest BCUT2D eigenvalue weighted by molar-refractivity contribution is 7.15. The van der Waals surface area contributed by atoms with E-state index in [2.05, 4.69) is 17.0 Å². The van der Waals surface area contributed by atoms with Gasteiger partial charge < -0.3 is 14.2 Å². The third kappa shape index (κ3) is 4.45. The molecule has 0 bridgehead atoms. The van der Waals surface area contributed by atoms with Crippen LogP contribution in [0.25, 0.3) is 22.4 Å². The number of rotatable bonds is 9. The van der Waals surface area contributed by atoms with E-state index in [1.165, 1.54) is 22.3 Å². The molecule has 0 aliphatic carbocycles. The molecule has 32 heavy (non-hydrogen) atoms. The summed E-state index contributed by atoms with van der Waals surface area (Å²) in [6, 6.07) is 13.2. The fraction of sp³-hybridized carbons (Fsp3) is 0.292. The first-order valence-corrected chi connectivity index (χ1v) is 11.3. The van der Waals surface area contributed by atoms with E-state index < -0.39 is 0 Å². The topological polar surface area (TPSA) is 75.0 Å². The van der Waals surface area contributed by atoms with Crippen LogP contribution in [0.3, 0.4) is 0 Å². The summed E-state index contributed by atoms with van der Waals surface area (Å²) in [4.78, 5) is 18.0. The van der Waals surface area contributed by atoms with Crippen molar-refractivity contribution in [2.45, 2.75) is 26.2 Å². The number of aromatic nitrogens is 3. The summed E-state index contributed by atoms with van der Waals surface area (Å²) in [6.07, 6.45) is 5.15. The summed E-state index contributed by atoms with van der Waals surface area (Å²) in [7, 11) is 3.15. The van der Waals surface area contributed by atoms with E-state index >= 15 is 0 Å². The SMILES string of the molecule is CCCCCOc1ccc(-c2nc3sc(=Cc4cccc(OC)c4OC)c(=O)n3n2)cc1. The summed E-state index contributed by atoms with van der Waals surface area (Å²) in [6.45, 7) is 2.88. The largest absolute Gasteiger partial charge is 0.494 e. The lowest BCUT2D eigenvalue weighted by molar-refractivity contribution is 0.306. The molecule has 2 heterocycles. The molecule has 0 saturated carbocycles. The maximum absolute atomic E-state index is 12.9. The number of nitrogens with zero attached hydrogens (tertiary/aromatic N) is 3. The van der Waals surface area contributed by atoms with Crippen LogP contribution in [0.2, 0.25) is 0 Å². The molecule has 0 saturated heterocycles. The van der Waals surface area contributed by atoms with Crippen molar-refractivity contribution in [1.82, 2.24) is 14.6 Å². The highest BCUT2D eigenvalue weighted by Crippen LogP contribution is 2.31. The van der Waals surface area contributed by atoms with Gasteiger partial charge in [0.25, 0.3) is 5.56 Å². The molecule has 166 valence electrons. The highest BCUT2D eigenvalue weighted by atomic mass is 32.1. The first kappa shape index (κ1) is 21.8. The van der Waals surface area contributed by atoms with Crippen molar-refractivity contribution in [3.8, 4) is 28.6 Å². The van der Waals surface area contributed by atoms with Crippen LogP contribution in [0.4, 0.5) is 0 Å². The summed E-state index contributed by atoms with van der Waals surface area (Å²) >= 11 is 1.29. The lowest BCUT2D eigenvalue weighted by atomic mass is 10.2. The number of thiazole rings is 1. The second-order valence-electron chi connectivity index (χ2n) is 7.21. The quantitative estimate of drug-likeness (QED) is 0.359. The molecule has 4 rings (SSSR count). The van der Waals surface area contributed by atoms with Crippen molar-refractivity contribution >= 4 is 22.4 Å². The Balaban J connectivity index is 1.60. The first-order chi connectivity index (χ1) is 15.6. The smallest absolute Gasteiger partial charge is 0.291 e. The molecule has 8 heteroatoms. The van der Waals surface area contributed by atoms with Crippen LogP contribution < -0.4 is 24.3 Å². The fourth-order valence-corrected chi connectivity index (χ4v) is 4.26. The Kier molecular flexibility index (Phi) is 6.70. The minimum atomic E-state index is -0.218. The number of methoxy groups -OCH3 is 2. The molecule has 0 fully saturated rings. The summed E-state index contributed by atoms with van der Waals surface area (Å²) < 4.78 is 18.4. The van der Waals surface area contributed by atoms with Crippen LogP contribution in [0.1, 0.15) is 31.7 Å². The molecule has 0 aliphatic rings. The summed E-state index contributed by atoms with van der Waals surface area (Å²) in [5.41, 5.74) is 1.37. The van der Waals surface area contributed by atoms with Crippen LogP contribution in [-0.2, 0) is 0 Å². The third-order valence-corrected chi connectivity index (χ3v) is 5.99. The van der Waals surface area contributed by atoms with Crippen molar-refractivity contribution in [2.75, 3.05) is 20.8 Å². The van der Waals surface area contributed by atoms with Gasteiger partial charge in [0.2, 0.25) is 4.96 Å². The van der Waals surface area contributed by atoms with E-state index in [1.54, 1.807) is 20.3 Å². The monoisotopic (exact) mass is 451 g/mol. The van der Waals surface area contributed by atoms with Gasteiger partial charge in [-0.2, -0.15) is 9.50 Å². The molecule has 4 aromatic rings. The molecule has 7 nitrogen and oxygen atoms in total. The molecule has 0 N–H and O–H groups in total. The van der Waals surface area contributed by atoms with Gasteiger partial charge in [0.1, 0.15) is 5.75 Å². The Hall–Kier alpha value is -3.39. The Morgan fingerprint density at radius 1 is 1.06 bits per heavy atom. The number of hydrogen-bond acceptors (Lipinski definition) is 7. The lowest BCUT2D eigenvalue weighted by Gasteiger charge is -2.09. The molecule has 2 aromatic carbocycles. The predicted molar refractivity (Wildman–Crippen MR) is 126 cm³/mol. The van der Waals surface area contributed by atoms with Crippen LogP contribution in [0.5, 0.6) is 17.2 Å². The Morgan fingerprint density at radius 2 is 1.88 bits per heavy atom. The van der Waals surface area contributed by atoms with Crippen molar-refractivity contribution in [2.24, 2.45) is 0 Å². The lowest BCUT2D eigenvalue weighted by Crippen LogP contribution is -2.23. The van der Waals surface area contributed by atoms with Crippen molar-refractivity contribution in [1.29, 1.82) is 0 Å². The first-order valence-electron chi connectivity index (χ1n) is 10.5. The minimum absolute atomic E-state index is 0.218. The van der Waals surface area contributed by atoms with Gasteiger partial charge in [0.15, 0.2) is 17.3 Å². The molecule has 0 atom stereocenters. The number of para-hydroxylation sites is 1. The average molecular weight is 452 g/mol. The van der Waals surface area contributed by atoms with Gasteiger partial charge >= 0.3 is 0 Å². The summed E-state index contributed by atoms with van der Waals surface area (Å²) in [5.74, 6) is 2.51. The van der Waals surface area contributed by atoms with Crippen molar-refractivity contribution in [3.63, 3.8) is 0 Å². The molecule has 0 unspecified atom stereocenters. The van der Waals surface area contributed by atoms with Crippen LogP contribution in [0, 0.1) is 0 Å². The molecular formula is C24H25N3O4S. The Bertz CT molecular complexity index is 1310. The zero-order valence-electron chi connectivity index (χ0n) is 18.3. The van der Waals surface area contributed by atoms with Gasteiger partial charge in [-0.1, -0.05) is 43.2 Å². The van der Waals surface area contributed by atoms with E-state index in [0.717, 1.165) is 29.7 Å².